The number of carbonyl (C=O) groups is 1. The van der Waals surface area contributed by atoms with Crippen molar-refractivity contribution in [3.05, 3.63) is 24.0 Å². The zero-order valence-corrected chi connectivity index (χ0v) is 6.01. The Morgan fingerprint density at radius 3 is 2.50 bits per heavy atom. The third-order valence-electron chi connectivity index (χ3n) is 1.64. The Labute approximate surface area is 67.9 Å². The lowest BCUT2D eigenvalue weighted by atomic mass is 9.92. The first-order valence-corrected chi connectivity index (χ1v) is 3.19. The largest absolute Gasteiger partial charge is 0.515 e. The van der Waals surface area contributed by atoms with Crippen LogP contribution in [-0.2, 0) is 4.79 Å². The fourth-order valence-electron chi connectivity index (χ4n) is 0.866. The smallest absolute Gasteiger partial charge is 0.259 e. The molecule has 0 fully saturated rings. The molecule has 1 aliphatic carbocycles. The number of hydrogen-bond donors (Lipinski definition) is 4. The van der Waals surface area contributed by atoms with Gasteiger partial charge in [0.1, 0.15) is 6.10 Å². The van der Waals surface area contributed by atoms with Gasteiger partial charge in [-0.2, -0.15) is 0 Å². The van der Waals surface area contributed by atoms with Gasteiger partial charge >= 0.3 is 0 Å². The Hall–Kier alpha value is -1.17. The minimum absolute atomic E-state index is 0.125. The van der Waals surface area contributed by atoms with Gasteiger partial charge in [-0.3, -0.25) is 4.79 Å². The van der Waals surface area contributed by atoms with Gasteiger partial charge in [-0.05, 0) is 12.2 Å². The second kappa shape index (κ2) is 2.71. The molecule has 1 unspecified atom stereocenters. The summed E-state index contributed by atoms with van der Waals surface area (Å²) < 4.78 is 0. The second-order valence-corrected chi connectivity index (χ2v) is 2.46. The number of ketones is 1. The van der Waals surface area contributed by atoms with E-state index in [1.54, 1.807) is 0 Å². The van der Waals surface area contributed by atoms with Gasteiger partial charge in [0.05, 0.1) is 6.26 Å². The first kappa shape index (κ1) is 8.92. The summed E-state index contributed by atoms with van der Waals surface area (Å²) in [5, 5.41) is 35.5. The van der Waals surface area contributed by atoms with E-state index in [0.717, 1.165) is 12.2 Å². The maximum absolute atomic E-state index is 10.7. The average molecular weight is 172 g/mol. The summed E-state index contributed by atoms with van der Waals surface area (Å²) in [6, 6.07) is 0. The van der Waals surface area contributed by atoms with Crippen LogP contribution in [0, 0.1) is 0 Å². The molecule has 0 aliphatic heterocycles. The predicted octanol–water partition coefficient (Wildman–Crippen LogP) is -1.39. The standard InChI is InChI=1S/C7H8O5/c8-3-4-1-2-5(9)7(11,12)6(4)10/h1-3,6,8,10-12H. The molecule has 12 heavy (non-hydrogen) atoms. The number of aliphatic hydroxyl groups is 4. The van der Waals surface area contributed by atoms with Crippen molar-refractivity contribution in [1.29, 1.82) is 0 Å². The monoisotopic (exact) mass is 172 g/mol. The van der Waals surface area contributed by atoms with Crippen molar-refractivity contribution >= 4 is 5.78 Å². The van der Waals surface area contributed by atoms with Gasteiger partial charge in [-0.15, -0.1) is 0 Å². The van der Waals surface area contributed by atoms with Gasteiger partial charge in [0.25, 0.3) is 5.79 Å². The molecular weight excluding hydrogens is 164 g/mol. The van der Waals surface area contributed by atoms with Crippen LogP contribution >= 0.6 is 0 Å². The zero-order valence-electron chi connectivity index (χ0n) is 6.01. The van der Waals surface area contributed by atoms with Crippen LogP contribution in [0.2, 0.25) is 0 Å². The van der Waals surface area contributed by atoms with Crippen molar-refractivity contribution in [3.63, 3.8) is 0 Å². The summed E-state index contributed by atoms with van der Waals surface area (Å²) in [6.45, 7) is 0. The minimum Gasteiger partial charge on any atom is -0.515 e. The van der Waals surface area contributed by atoms with Crippen molar-refractivity contribution in [2.75, 3.05) is 0 Å². The molecular formula is C7H8O5. The third-order valence-corrected chi connectivity index (χ3v) is 1.64. The molecule has 0 aromatic carbocycles. The van der Waals surface area contributed by atoms with Crippen LogP contribution in [0.5, 0.6) is 0 Å². The third kappa shape index (κ3) is 1.14. The van der Waals surface area contributed by atoms with Crippen LogP contribution in [0.15, 0.2) is 24.0 Å². The molecule has 0 aromatic rings. The van der Waals surface area contributed by atoms with Crippen LogP contribution in [0.1, 0.15) is 0 Å². The predicted molar refractivity (Wildman–Crippen MR) is 38.0 cm³/mol. The Bertz CT molecular complexity index is 263. The summed E-state index contributed by atoms with van der Waals surface area (Å²) in [5.41, 5.74) is -0.125. The fraction of sp³-hybridized carbons (Fsp3) is 0.286. The van der Waals surface area contributed by atoms with E-state index in [4.69, 9.17) is 20.4 Å². The highest BCUT2D eigenvalue weighted by Crippen LogP contribution is 2.22. The highest BCUT2D eigenvalue weighted by molar-refractivity contribution is 5.98. The van der Waals surface area contributed by atoms with Crippen molar-refractivity contribution < 1.29 is 25.2 Å². The van der Waals surface area contributed by atoms with Crippen LogP contribution in [-0.4, -0.2) is 38.1 Å². The number of aliphatic hydroxyl groups excluding tert-OH is 2. The Morgan fingerprint density at radius 2 is 2.00 bits per heavy atom. The fourth-order valence-corrected chi connectivity index (χ4v) is 0.866. The lowest BCUT2D eigenvalue weighted by Gasteiger charge is -2.27. The SMILES string of the molecule is O=C1C=CC(=CO)C(O)C1(O)O. The summed E-state index contributed by atoms with van der Waals surface area (Å²) in [6.07, 6.45) is 0.682. The van der Waals surface area contributed by atoms with Crippen LogP contribution in [0.3, 0.4) is 0 Å². The lowest BCUT2D eigenvalue weighted by Crippen LogP contribution is -2.51. The molecule has 5 nitrogen and oxygen atoms in total. The molecule has 1 aliphatic rings. The van der Waals surface area contributed by atoms with Crippen molar-refractivity contribution in [2.45, 2.75) is 11.9 Å². The van der Waals surface area contributed by atoms with E-state index in [1.165, 1.54) is 0 Å². The highest BCUT2D eigenvalue weighted by Gasteiger charge is 2.43. The molecule has 0 heterocycles. The molecule has 0 saturated heterocycles. The van der Waals surface area contributed by atoms with E-state index < -0.39 is 17.7 Å². The van der Waals surface area contributed by atoms with E-state index in [1.807, 2.05) is 0 Å². The maximum atomic E-state index is 10.7. The summed E-state index contributed by atoms with van der Waals surface area (Å²) >= 11 is 0. The Balaban J connectivity index is 3.10. The minimum atomic E-state index is -2.83. The molecule has 0 aromatic heterocycles. The molecule has 1 atom stereocenters. The van der Waals surface area contributed by atoms with Crippen LogP contribution in [0.25, 0.3) is 0 Å². The number of carbonyl (C=O) groups excluding carboxylic acids is 1. The number of hydrogen-bond acceptors (Lipinski definition) is 5. The first-order valence-electron chi connectivity index (χ1n) is 3.19. The van der Waals surface area contributed by atoms with Crippen molar-refractivity contribution in [1.82, 2.24) is 0 Å². The zero-order chi connectivity index (χ0) is 9.35. The van der Waals surface area contributed by atoms with E-state index in [0.29, 0.717) is 6.26 Å². The number of rotatable bonds is 0. The molecule has 0 spiro atoms. The van der Waals surface area contributed by atoms with Crippen molar-refractivity contribution in [3.8, 4) is 0 Å². The van der Waals surface area contributed by atoms with Gasteiger partial charge in [0.2, 0.25) is 5.78 Å². The van der Waals surface area contributed by atoms with Gasteiger partial charge in [-0.1, -0.05) is 0 Å². The van der Waals surface area contributed by atoms with E-state index in [-0.39, 0.29) is 5.57 Å². The highest BCUT2D eigenvalue weighted by atomic mass is 16.5. The molecule has 0 radical (unpaired) electrons. The lowest BCUT2D eigenvalue weighted by molar-refractivity contribution is -0.208. The van der Waals surface area contributed by atoms with Gasteiger partial charge in [-0.25, -0.2) is 0 Å². The Morgan fingerprint density at radius 1 is 1.42 bits per heavy atom. The molecule has 1 rings (SSSR count). The van der Waals surface area contributed by atoms with Crippen molar-refractivity contribution in [2.24, 2.45) is 0 Å². The molecule has 0 bridgehead atoms. The van der Waals surface area contributed by atoms with Crippen LogP contribution in [0.4, 0.5) is 0 Å². The normalized spacial score (nSPS) is 31.1. The van der Waals surface area contributed by atoms with E-state index in [2.05, 4.69) is 0 Å². The van der Waals surface area contributed by atoms with E-state index >= 15 is 0 Å². The van der Waals surface area contributed by atoms with E-state index in [9.17, 15) is 4.79 Å². The van der Waals surface area contributed by atoms with Gasteiger partial charge in [0, 0.05) is 5.57 Å². The maximum Gasteiger partial charge on any atom is 0.259 e. The Kier molecular flexibility index (Phi) is 2.01. The molecule has 0 saturated carbocycles. The molecule has 4 N–H and O–H groups in total. The molecule has 66 valence electrons. The molecule has 5 heteroatoms. The molecule has 0 amide bonds. The summed E-state index contributed by atoms with van der Waals surface area (Å²) in [4.78, 5) is 10.7. The topological polar surface area (TPSA) is 98.0 Å². The average Bonchev–Trinajstić information content (AvgIpc) is 2.02. The summed E-state index contributed by atoms with van der Waals surface area (Å²) in [7, 11) is 0. The second-order valence-electron chi connectivity index (χ2n) is 2.46. The van der Waals surface area contributed by atoms with Gasteiger partial charge in [0.15, 0.2) is 0 Å². The van der Waals surface area contributed by atoms with Crippen LogP contribution < -0.4 is 0 Å². The van der Waals surface area contributed by atoms with Gasteiger partial charge < -0.3 is 20.4 Å². The summed E-state index contributed by atoms with van der Waals surface area (Å²) in [5.74, 6) is -3.84. The quantitative estimate of drug-likeness (QED) is 0.266. The first-order chi connectivity index (χ1) is 5.50.